The van der Waals surface area contributed by atoms with Gasteiger partial charge in [-0.1, -0.05) is 123 Å². The molecular weight excluding hydrogens is 571 g/mol. The van der Waals surface area contributed by atoms with Crippen molar-refractivity contribution in [3.05, 3.63) is 108 Å². The second-order valence-corrected chi connectivity index (χ2v) is 8.60. The monoisotopic (exact) mass is 598 g/mol. The quantitative estimate of drug-likeness (QED) is 0.210. The summed E-state index contributed by atoms with van der Waals surface area (Å²) in [5.41, 5.74) is 5.75. The molecule has 159 valence electrons. The normalized spacial score (nSPS) is 10.8. The summed E-state index contributed by atoms with van der Waals surface area (Å²) in [6, 6.07) is 32.3. The van der Waals surface area contributed by atoms with E-state index in [1.807, 2.05) is 5.92 Å². The maximum Gasteiger partial charge on any atom is 0 e. The van der Waals surface area contributed by atoms with Crippen LogP contribution >= 0.6 is 7.92 Å². The second kappa shape index (κ2) is 19.4. The van der Waals surface area contributed by atoms with Crippen LogP contribution in [0.3, 0.4) is 0 Å². The number of hydrogen-bond donors (Lipinski definition) is 0. The minimum atomic E-state index is -0.446. The number of hydrogen-bond acceptors (Lipinski definition) is 1. The van der Waals surface area contributed by atoms with Crippen molar-refractivity contribution in [1.82, 2.24) is 0 Å². The first-order valence-corrected chi connectivity index (χ1v) is 11.2. The molecule has 0 saturated heterocycles. The van der Waals surface area contributed by atoms with Crippen molar-refractivity contribution in [3.63, 3.8) is 0 Å². The predicted octanol–water partition coefficient (Wildman–Crippen LogP) is 5.92. The maximum absolute atomic E-state index is 7.25. The van der Waals surface area contributed by atoms with E-state index < -0.39 is 7.92 Å². The molecule has 31 heavy (non-hydrogen) atoms. The molecule has 0 unspecified atom stereocenters. The van der Waals surface area contributed by atoms with Crippen LogP contribution in [0, 0.1) is 29.6 Å². The smallest absolute Gasteiger partial charge is 0 e. The van der Waals surface area contributed by atoms with E-state index in [1.165, 1.54) is 48.0 Å². The molecule has 2 nitrogen and oxygen atoms in total. The molecule has 0 aliphatic heterocycles. The molecule has 0 spiro atoms. The van der Waals surface area contributed by atoms with E-state index in [0.29, 0.717) is 0 Å². The Morgan fingerprint density at radius 2 is 0.871 bits per heavy atom. The van der Waals surface area contributed by atoms with Crippen molar-refractivity contribution in [1.29, 1.82) is 0 Å². The maximum atomic E-state index is 7.25. The zero-order chi connectivity index (χ0) is 21.9. The third-order valence-corrected chi connectivity index (χ3v) is 6.81. The van der Waals surface area contributed by atoms with E-state index in [0.717, 1.165) is 0 Å². The van der Waals surface area contributed by atoms with Gasteiger partial charge in [0.25, 0.3) is 0 Å². The van der Waals surface area contributed by atoms with E-state index in [-0.39, 0.29) is 20.4 Å². The molecule has 0 bridgehead atoms. The summed E-state index contributed by atoms with van der Waals surface area (Å²) in [5, 5.41) is 4.19. The van der Waals surface area contributed by atoms with E-state index in [9.17, 15) is 0 Å². The summed E-state index contributed by atoms with van der Waals surface area (Å²) < 4.78 is 0. The van der Waals surface area contributed by atoms with Crippen molar-refractivity contribution >= 4 is 23.8 Å². The minimum absolute atomic E-state index is 0. The first-order valence-electron chi connectivity index (χ1n) is 9.87. The Kier molecular flexibility index (Phi) is 17.9. The molecule has 4 rings (SSSR count). The Bertz CT molecular complexity index is 772. The number of nitroso groups, excluding NO2 is 1. The Balaban J connectivity index is 0.000000626. The van der Waals surface area contributed by atoms with Crippen LogP contribution in [-0.4, -0.2) is 0 Å². The van der Waals surface area contributed by atoms with Crippen molar-refractivity contribution in [2.75, 3.05) is 0 Å². The first kappa shape index (κ1) is 28.5. The third-order valence-electron chi connectivity index (χ3n) is 4.37. The molecule has 1 saturated carbocycles. The van der Waals surface area contributed by atoms with E-state index in [4.69, 9.17) is 16.9 Å². The average molecular weight is 598 g/mol. The van der Waals surface area contributed by atoms with Crippen LogP contribution in [0.25, 0.3) is 5.59 Å². The van der Waals surface area contributed by atoms with Crippen LogP contribution < -0.4 is 15.9 Å². The van der Waals surface area contributed by atoms with Crippen LogP contribution in [0.2, 0.25) is 0 Å². The van der Waals surface area contributed by atoms with E-state index in [2.05, 4.69) is 97.4 Å². The molecule has 0 atom stereocenters. The molecule has 0 N–H and O–H groups in total. The molecule has 4 heteroatoms. The molecule has 1 radical (unpaired) electrons. The van der Waals surface area contributed by atoms with Crippen LogP contribution in [0.15, 0.2) is 91.0 Å². The number of terminal acetylenes is 1. The Morgan fingerprint density at radius 1 is 0.645 bits per heavy atom. The molecule has 3 aromatic rings. The fraction of sp³-hybridized carbons (Fsp3) is 0.185. The summed E-state index contributed by atoms with van der Waals surface area (Å²) in [5.74, 6) is 3.56. The molecule has 1 aliphatic rings. The van der Waals surface area contributed by atoms with Gasteiger partial charge in [0, 0.05) is 20.4 Å². The summed E-state index contributed by atoms with van der Waals surface area (Å²) in [7, 11) is -0.446. The predicted molar refractivity (Wildman–Crippen MR) is 131 cm³/mol. The fourth-order valence-electron chi connectivity index (χ4n) is 3.06. The van der Waals surface area contributed by atoms with Gasteiger partial charge in [-0.3, -0.25) is 11.8 Å². The van der Waals surface area contributed by atoms with Crippen LogP contribution in [0.5, 0.6) is 0 Å². The van der Waals surface area contributed by atoms with Gasteiger partial charge in [0.05, 0.1) is 0 Å². The summed E-state index contributed by atoms with van der Waals surface area (Å²) in [6.45, 7) is 0. The van der Waals surface area contributed by atoms with Crippen molar-refractivity contribution in [2.45, 2.75) is 32.1 Å². The molecule has 1 aliphatic carbocycles. The molecule has 3 aromatic carbocycles. The zero-order valence-corrected chi connectivity index (χ0v) is 21.1. The molecular formula is C27H26NOPRe-2. The van der Waals surface area contributed by atoms with Crippen LogP contribution in [0.4, 0.5) is 0 Å². The Morgan fingerprint density at radius 3 is 1.06 bits per heavy atom. The van der Waals surface area contributed by atoms with Gasteiger partial charge in [0.15, 0.2) is 0 Å². The Labute approximate surface area is 202 Å². The van der Waals surface area contributed by atoms with Crippen molar-refractivity contribution in [2.24, 2.45) is 0 Å². The minimum Gasteiger partial charge on any atom is -0.577 e. The van der Waals surface area contributed by atoms with Gasteiger partial charge in [0.1, 0.15) is 0 Å². The molecule has 0 aromatic heterocycles. The van der Waals surface area contributed by atoms with E-state index >= 15 is 0 Å². The summed E-state index contributed by atoms with van der Waals surface area (Å²) in [4.78, 5) is 7.25. The summed E-state index contributed by atoms with van der Waals surface area (Å²) in [6.07, 6.45) is 17.9. The summed E-state index contributed by atoms with van der Waals surface area (Å²) >= 11 is 0. The zero-order valence-electron chi connectivity index (χ0n) is 17.5. The van der Waals surface area contributed by atoms with Gasteiger partial charge < -0.3 is 16.9 Å². The van der Waals surface area contributed by atoms with Crippen molar-refractivity contribution < 1.29 is 20.4 Å². The van der Waals surface area contributed by atoms with Gasteiger partial charge in [-0.2, -0.15) is 0 Å². The first-order chi connectivity index (χ1) is 14.9. The second-order valence-electron chi connectivity index (χ2n) is 6.38. The average Bonchev–Trinajstić information content (AvgIpc) is 3.43. The largest absolute Gasteiger partial charge is 0.577 e. The van der Waals surface area contributed by atoms with Gasteiger partial charge >= 0.3 is 0 Å². The third kappa shape index (κ3) is 11.4. The Hall–Kier alpha value is -2.53. The van der Waals surface area contributed by atoms with Gasteiger partial charge in [-0.25, -0.2) is 6.42 Å². The molecule has 0 amide bonds. The topological polar surface area (TPSA) is 39.4 Å². The molecule has 1 fully saturated rings. The molecule has 0 heterocycles. The van der Waals surface area contributed by atoms with Gasteiger partial charge in [0.2, 0.25) is 0 Å². The van der Waals surface area contributed by atoms with E-state index in [1.54, 1.807) is 5.92 Å². The van der Waals surface area contributed by atoms with Gasteiger partial charge in [-0.05, 0) is 23.8 Å². The fourth-order valence-corrected chi connectivity index (χ4v) is 5.37. The van der Waals surface area contributed by atoms with Crippen LogP contribution in [-0.2, 0) is 20.4 Å². The van der Waals surface area contributed by atoms with Gasteiger partial charge in [-0.15, -0.1) is 0 Å². The number of rotatable bonds is 3. The van der Waals surface area contributed by atoms with Crippen LogP contribution in [0.1, 0.15) is 32.1 Å². The number of nitrogens with zero attached hydrogens (tertiary/aromatic N) is 1. The SMILES string of the molecule is C1CCCC1.[C-]#CC#C.[N-]=O.[Re].c1ccc(P(c2ccccc2)c2ccccc2)cc1. The standard InChI is InChI=1S/C18H15P.C5H10.C4H.NO.Re/c1-4-10-16(11-5-1)19(17-12-6-2-7-13-17)18-14-8-3-9-15-18;1-2-4-5-3-1;1-3-4-2;1-2;/h1-15H;1-5H2;1H;;/q;;2*-1;. The number of benzene rings is 3. The van der Waals surface area contributed by atoms with Crippen molar-refractivity contribution in [3.8, 4) is 18.3 Å².